The molecule has 204 valence electrons. The van der Waals surface area contributed by atoms with Crippen LogP contribution < -0.4 is 9.80 Å². The normalized spacial score (nSPS) is 16.0. The minimum absolute atomic E-state index is 0.0639. The molecular weight excluding hydrogens is 498 g/mol. The molecule has 0 spiro atoms. The van der Waals surface area contributed by atoms with Crippen molar-refractivity contribution in [2.24, 2.45) is 0 Å². The van der Waals surface area contributed by atoms with Gasteiger partial charge in [-0.2, -0.15) is 10.5 Å². The zero-order valence-corrected chi connectivity index (χ0v) is 23.5. The molecule has 0 bridgehead atoms. The number of benzene rings is 2. The number of para-hydroxylation sites is 1. The van der Waals surface area contributed by atoms with E-state index in [-0.39, 0.29) is 5.91 Å². The summed E-state index contributed by atoms with van der Waals surface area (Å²) in [6.45, 7) is 12.9. The van der Waals surface area contributed by atoms with E-state index in [0.29, 0.717) is 37.6 Å². The third-order valence-electron chi connectivity index (χ3n) is 8.05. The second-order valence-electron chi connectivity index (χ2n) is 10.7. The number of nitrogens with zero attached hydrogens (tertiary/aromatic N) is 7. The number of piperazine rings is 2. The Kier molecular flexibility index (Phi) is 8.00. The van der Waals surface area contributed by atoms with E-state index in [1.807, 2.05) is 55.1 Å². The molecule has 5 rings (SSSR count). The lowest BCUT2D eigenvalue weighted by Crippen LogP contribution is -2.49. The number of nitriles is 2. The van der Waals surface area contributed by atoms with Crippen LogP contribution in [0.3, 0.4) is 0 Å². The number of pyridine rings is 1. The fourth-order valence-corrected chi connectivity index (χ4v) is 5.69. The Morgan fingerprint density at radius 2 is 1.48 bits per heavy atom. The van der Waals surface area contributed by atoms with Crippen molar-refractivity contribution >= 4 is 17.4 Å². The van der Waals surface area contributed by atoms with Gasteiger partial charge in [0.25, 0.3) is 5.91 Å². The molecule has 2 aliphatic rings. The van der Waals surface area contributed by atoms with Crippen molar-refractivity contribution in [1.29, 1.82) is 10.5 Å². The fraction of sp³-hybridized carbons (Fsp3) is 0.375. The largest absolute Gasteiger partial charge is 0.368 e. The van der Waals surface area contributed by atoms with Gasteiger partial charge in [-0.3, -0.25) is 9.69 Å². The van der Waals surface area contributed by atoms with E-state index in [4.69, 9.17) is 0 Å². The van der Waals surface area contributed by atoms with E-state index in [1.165, 1.54) is 11.1 Å². The Labute approximate surface area is 236 Å². The first-order valence-corrected chi connectivity index (χ1v) is 13.9. The molecule has 8 nitrogen and oxygen atoms in total. The summed E-state index contributed by atoms with van der Waals surface area (Å²) in [7, 11) is 0. The van der Waals surface area contributed by atoms with E-state index in [1.54, 1.807) is 0 Å². The Balaban J connectivity index is 1.23. The molecule has 0 aliphatic carbocycles. The molecule has 1 aromatic heterocycles. The lowest BCUT2D eigenvalue weighted by atomic mass is 9.98. The number of amides is 1. The second kappa shape index (κ2) is 11.8. The number of hydrogen-bond donors (Lipinski definition) is 0. The van der Waals surface area contributed by atoms with Gasteiger partial charge in [-0.15, -0.1) is 0 Å². The highest BCUT2D eigenvalue weighted by molar-refractivity contribution is 5.96. The number of carbonyl (C=O) groups is 1. The van der Waals surface area contributed by atoms with Crippen molar-refractivity contribution in [1.82, 2.24) is 14.8 Å². The molecule has 2 saturated heterocycles. The second-order valence-corrected chi connectivity index (χ2v) is 10.7. The van der Waals surface area contributed by atoms with Crippen LogP contribution in [0.2, 0.25) is 0 Å². The Hall–Kier alpha value is -4.40. The quantitative estimate of drug-likeness (QED) is 0.489. The molecular formula is C32H35N7O. The third-order valence-corrected chi connectivity index (χ3v) is 8.05. The molecule has 0 radical (unpaired) electrons. The van der Waals surface area contributed by atoms with Gasteiger partial charge in [-0.05, 0) is 67.8 Å². The average molecular weight is 534 g/mol. The van der Waals surface area contributed by atoms with E-state index in [9.17, 15) is 15.3 Å². The Bertz CT molecular complexity index is 1490. The lowest BCUT2D eigenvalue weighted by molar-refractivity contribution is 0.0745. The Morgan fingerprint density at radius 3 is 2.17 bits per heavy atom. The first-order valence-electron chi connectivity index (χ1n) is 13.9. The van der Waals surface area contributed by atoms with Crippen LogP contribution in [0.4, 0.5) is 11.5 Å². The number of rotatable bonds is 5. The first kappa shape index (κ1) is 27.2. The smallest absolute Gasteiger partial charge is 0.254 e. The standard InChI is InChI=1S/C32H35N7O/c1-23-18-24(2)29(32(40)39-16-14-38(15-17-39)31-27(21-34)9-8-25(3)35-31)19-28(23)22-36-10-12-37(13-11-36)30-7-5-4-6-26(30)20-33/h4-9,18-19H,10-17,22H2,1-3H3. The summed E-state index contributed by atoms with van der Waals surface area (Å²) >= 11 is 0. The highest BCUT2D eigenvalue weighted by atomic mass is 16.2. The molecule has 0 atom stereocenters. The molecule has 3 heterocycles. The molecule has 8 heteroatoms. The zero-order chi connectivity index (χ0) is 28.2. The first-order chi connectivity index (χ1) is 19.4. The number of hydrogen-bond acceptors (Lipinski definition) is 7. The summed E-state index contributed by atoms with van der Waals surface area (Å²) in [4.78, 5) is 27.0. The van der Waals surface area contributed by atoms with E-state index in [2.05, 4.69) is 50.9 Å². The van der Waals surface area contributed by atoms with Gasteiger partial charge in [0.05, 0.1) is 16.8 Å². The summed E-state index contributed by atoms with van der Waals surface area (Å²) in [5.74, 6) is 0.772. The molecule has 40 heavy (non-hydrogen) atoms. The van der Waals surface area contributed by atoms with Gasteiger partial charge < -0.3 is 14.7 Å². The van der Waals surface area contributed by atoms with Crippen LogP contribution in [-0.2, 0) is 6.54 Å². The van der Waals surface area contributed by atoms with Crippen molar-refractivity contribution in [3.05, 3.63) is 87.6 Å². The molecule has 0 N–H and O–H groups in total. The summed E-state index contributed by atoms with van der Waals surface area (Å²) in [5, 5.41) is 19.0. The monoisotopic (exact) mass is 533 g/mol. The molecule has 2 aromatic carbocycles. The minimum Gasteiger partial charge on any atom is -0.368 e. The molecule has 2 fully saturated rings. The van der Waals surface area contributed by atoms with Gasteiger partial charge in [0, 0.05) is 70.2 Å². The van der Waals surface area contributed by atoms with Crippen LogP contribution in [0.5, 0.6) is 0 Å². The number of aromatic nitrogens is 1. The van der Waals surface area contributed by atoms with Crippen LogP contribution >= 0.6 is 0 Å². The van der Waals surface area contributed by atoms with Crippen LogP contribution in [0.15, 0.2) is 48.5 Å². The molecule has 0 saturated carbocycles. The maximum absolute atomic E-state index is 13.6. The van der Waals surface area contributed by atoms with Gasteiger partial charge in [0.2, 0.25) is 0 Å². The summed E-state index contributed by atoms with van der Waals surface area (Å²) in [5.41, 5.74) is 7.32. The molecule has 3 aromatic rings. The van der Waals surface area contributed by atoms with E-state index in [0.717, 1.165) is 60.8 Å². The third kappa shape index (κ3) is 5.64. The van der Waals surface area contributed by atoms with Crippen LogP contribution in [0.25, 0.3) is 0 Å². The predicted molar refractivity (Wildman–Crippen MR) is 156 cm³/mol. The summed E-state index contributed by atoms with van der Waals surface area (Å²) < 4.78 is 0. The highest BCUT2D eigenvalue weighted by Crippen LogP contribution is 2.25. The molecule has 1 amide bonds. The van der Waals surface area contributed by atoms with Crippen LogP contribution in [0, 0.1) is 43.4 Å². The number of aryl methyl sites for hydroxylation is 3. The van der Waals surface area contributed by atoms with Gasteiger partial charge in [-0.25, -0.2) is 4.98 Å². The molecule has 0 unspecified atom stereocenters. The van der Waals surface area contributed by atoms with Crippen LogP contribution in [0.1, 0.15) is 43.9 Å². The maximum atomic E-state index is 13.6. The topological polar surface area (TPSA) is 90.5 Å². The van der Waals surface area contributed by atoms with Crippen molar-refractivity contribution in [2.75, 3.05) is 62.2 Å². The summed E-state index contributed by atoms with van der Waals surface area (Å²) in [6.07, 6.45) is 0. The average Bonchev–Trinajstić information content (AvgIpc) is 2.98. The van der Waals surface area contributed by atoms with Gasteiger partial charge >= 0.3 is 0 Å². The van der Waals surface area contributed by atoms with Crippen LogP contribution in [-0.4, -0.2) is 73.0 Å². The lowest BCUT2D eigenvalue weighted by Gasteiger charge is -2.37. The maximum Gasteiger partial charge on any atom is 0.254 e. The fourth-order valence-electron chi connectivity index (χ4n) is 5.69. The van der Waals surface area contributed by atoms with Crippen molar-refractivity contribution in [2.45, 2.75) is 27.3 Å². The van der Waals surface area contributed by atoms with Crippen molar-refractivity contribution in [3.8, 4) is 12.1 Å². The highest BCUT2D eigenvalue weighted by Gasteiger charge is 2.26. The number of carbonyl (C=O) groups excluding carboxylic acids is 1. The number of anilines is 2. The minimum atomic E-state index is 0.0639. The van der Waals surface area contributed by atoms with Gasteiger partial charge in [-0.1, -0.05) is 18.2 Å². The Morgan fingerprint density at radius 1 is 0.800 bits per heavy atom. The molecule has 2 aliphatic heterocycles. The predicted octanol–water partition coefficient (Wildman–Crippen LogP) is 4.03. The zero-order valence-electron chi connectivity index (χ0n) is 23.5. The van der Waals surface area contributed by atoms with E-state index < -0.39 is 0 Å². The van der Waals surface area contributed by atoms with Gasteiger partial charge in [0.15, 0.2) is 0 Å². The van der Waals surface area contributed by atoms with Crippen molar-refractivity contribution < 1.29 is 4.79 Å². The summed E-state index contributed by atoms with van der Waals surface area (Å²) in [6, 6.07) is 20.2. The SMILES string of the molecule is Cc1ccc(C#N)c(N2CCN(C(=O)c3cc(CN4CCN(c5ccccc5C#N)CC4)c(C)cc3C)CC2)n1. The van der Waals surface area contributed by atoms with Gasteiger partial charge in [0.1, 0.15) is 18.0 Å². The van der Waals surface area contributed by atoms with E-state index >= 15 is 0 Å². The van der Waals surface area contributed by atoms with Crippen molar-refractivity contribution in [3.63, 3.8) is 0 Å².